The number of rotatable bonds is 8. The summed E-state index contributed by atoms with van der Waals surface area (Å²) >= 11 is 17.5. The molecule has 0 radical (unpaired) electrons. The molecule has 0 saturated carbocycles. The Morgan fingerprint density at radius 2 is 1.80 bits per heavy atom. The summed E-state index contributed by atoms with van der Waals surface area (Å²) in [5, 5.41) is 12.0. The van der Waals surface area contributed by atoms with Gasteiger partial charge in [0.15, 0.2) is 16.6 Å². The molecule has 2 N–H and O–H groups in total. The number of hydrogen-bond donors (Lipinski definition) is 2. The van der Waals surface area contributed by atoms with Crippen molar-refractivity contribution in [2.24, 2.45) is 0 Å². The van der Waals surface area contributed by atoms with Gasteiger partial charge in [0.2, 0.25) is 0 Å². The molecule has 3 rings (SSSR count). The summed E-state index contributed by atoms with van der Waals surface area (Å²) in [5.41, 5.74) is 2.43. The predicted molar refractivity (Wildman–Crippen MR) is 126 cm³/mol. The van der Waals surface area contributed by atoms with Crippen LogP contribution in [0.25, 0.3) is 0 Å². The van der Waals surface area contributed by atoms with Crippen LogP contribution in [0.3, 0.4) is 0 Å². The summed E-state index contributed by atoms with van der Waals surface area (Å²) in [6, 6.07) is 11.0. The average Bonchev–Trinajstić information content (AvgIpc) is 3.13. The summed E-state index contributed by atoms with van der Waals surface area (Å²) in [7, 11) is 0. The van der Waals surface area contributed by atoms with Gasteiger partial charge in [0, 0.05) is 11.2 Å². The number of aromatic nitrogens is 2. The summed E-state index contributed by atoms with van der Waals surface area (Å²) < 4.78 is 13.1. The molecule has 0 aliphatic rings. The lowest BCUT2D eigenvalue weighted by Crippen LogP contribution is -2.19. The number of halogens is 2. The average molecular weight is 465 g/mol. The fourth-order valence-corrected chi connectivity index (χ4v) is 3.34. The lowest BCUT2D eigenvalue weighted by atomic mass is 10.2. The van der Waals surface area contributed by atoms with E-state index < -0.39 is 0 Å². The number of hydrogen-bond acceptors (Lipinski definition) is 4. The Kier molecular flexibility index (Phi) is 7.79. The van der Waals surface area contributed by atoms with E-state index in [4.69, 9.17) is 44.9 Å². The first-order valence-electron chi connectivity index (χ1n) is 9.42. The van der Waals surface area contributed by atoms with Crippen LogP contribution in [0.15, 0.2) is 48.8 Å². The number of nitrogens with zero attached hydrogens (tertiary/aromatic N) is 2. The van der Waals surface area contributed by atoms with Crippen LogP contribution in [0.4, 0.5) is 11.4 Å². The summed E-state index contributed by atoms with van der Waals surface area (Å²) in [4.78, 5) is 0. The van der Waals surface area contributed by atoms with E-state index in [1.165, 1.54) is 0 Å². The number of benzene rings is 2. The molecule has 0 unspecified atom stereocenters. The second-order valence-electron chi connectivity index (χ2n) is 6.28. The minimum absolute atomic E-state index is 0.387. The normalized spacial score (nSPS) is 10.5. The Bertz CT molecular complexity index is 1030. The van der Waals surface area contributed by atoms with Crippen LogP contribution in [0.2, 0.25) is 10.0 Å². The molecule has 158 valence electrons. The molecule has 3 aromatic rings. The highest BCUT2D eigenvalue weighted by atomic mass is 35.5. The zero-order chi connectivity index (χ0) is 21.5. The van der Waals surface area contributed by atoms with Gasteiger partial charge < -0.3 is 20.1 Å². The zero-order valence-electron chi connectivity index (χ0n) is 16.6. The van der Waals surface area contributed by atoms with E-state index in [0.717, 1.165) is 22.7 Å². The second-order valence-corrected chi connectivity index (χ2v) is 7.53. The first-order valence-corrected chi connectivity index (χ1v) is 10.6. The molecule has 0 amide bonds. The fourth-order valence-electron chi connectivity index (χ4n) is 2.77. The van der Waals surface area contributed by atoms with Gasteiger partial charge in [-0.25, -0.2) is 0 Å². The van der Waals surface area contributed by atoms with Gasteiger partial charge in [-0.2, -0.15) is 5.10 Å². The first kappa shape index (κ1) is 22.2. The van der Waals surface area contributed by atoms with Crippen molar-refractivity contribution >= 4 is 51.9 Å². The molecule has 0 aliphatic carbocycles. The maximum atomic E-state index is 6.16. The zero-order valence-corrected chi connectivity index (χ0v) is 18.9. The Balaban J connectivity index is 1.64. The molecule has 1 heterocycles. The molecule has 6 nitrogen and oxygen atoms in total. The number of nitrogens with one attached hydrogen (secondary N) is 2. The maximum Gasteiger partial charge on any atom is 0.175 e. The Labute approximate surface area is 191 Å². The highest BCUT2D eigenvalue weighted by molar-refractivity contribution is 7.80. The highest BCUT2D eigenvalue weighted by Gasteiger charge is 2.09. The molecule has 0 aliphatic heterocycles. The Morgan fingerprint density at radius 1 is 1.03 bits per heavy atom. The van der Waals surface area contributed by atoms with Crippen molar-refractivity contribution < 1.29 is 9.47 Å². The van der Waals surface area contributed by atoms with Crippen molar-refractivity contribution in [1.29, 1.82) is 0 Å². The molecule has 0 bridgehead atoms. The largest absolute Gasteiger partial charge is 0.490 e. The van der Waals surface area contributed by atoms with Gasteiger partial charge in [0.25, 0.3) is 0 Å². The van der Waals surface area contributed by atoms with E-state index in [9.17, 15) is 0 Å². The van der Waals surface area contributed by atoms with E-state index in [-0.39, 0.29) is 0 Å². The smallest absolute Gasteiger partial charge is 0.175 e. The molecular weight excluding hydrogens is 443 g/mol. The SMILES string of the molecule is CCOc1ccc(Cn2cc(NC(=S)Nc3cc(Cl)ccc3Cl)cn2)cc1OCC. The molecule has 9 heteroatoms. The molecular formula is C21H22Cl2N4O2S. The van der Waals surface area contributed by atoms with Crippen LogP contribution in [0.5, 0.6) is 11.5 Å². The third kappa shape index (κ3) is 6.01. The molecule has 30 heavy (non-hydrogen) atoms. The highest BCUT2D eigenvalue weighted by Crippen LogP contribution is 2.29. The van der Waals surface area contributed by atoms with E-state index in [1.54, 1.807) is 24.4 Å². The van der Waals surface area contributed by atoms with Gasteiger partial charge >= 0.3 is 0 Å². The van der Waals surface area contributed by atoms with Crippen molar-refractivity contribution in [3.8, 4) is 11.5 Å². The number of thiocarbonyl (C=S) groups is 1. The van der Waals surface area contributed by atoms with E-state index in [0.29, 0.717) is 40.6 Å². The standard InChI is InChI=1S/C21H22Cl2N4O2S/c1-3-28-19-8-5-14(9-20(19)29-4-2)12-27-13-16(11-24-27)25-21(30)26-18-10-15(22)6-7-17(18)23/h5-11,13H,3-4,12H2,1-2H3,(H2,25,26,30). The van der Waals surface area contributed by atoms with Gasteiger partial charge in [-0.15, -0.1) is 0 Å². The van der Waals surface area contributed by atoms with Crippen molar-refractivity contribution in [2.45, 2.75) is 20.4 Å². The number of anilines is 2. The summed E-state index contributed by atoms with van der Waals surface area (Å²) in [6.07, 6.45) is 3.57. The van der Waals surface area contributed by atoms with E-state index in [2.05, 4.69) is 15.7 Å². The van der Waals surface area contributed by atoms with E-state index >= 15 is 0 Å². The van der Waals surface area contributed by atoms with Crippen molar-refractivity contribution in [3.63, 3.8) is 0 Å². The lowest BCUT2D eigenvalue weighted by molar-refractivity contribution is 0.287. The van der Waals surface area contributed by atoms with Crippen LogP contribution in [-0.4, -0.2) is 28.1 Å². The minimum atomic E-state index is 0.387. The van der Waals surface area contributed by atoms with Crippen molar-refractivity contribution in [1.82, 2.24) is 9.78 Å². The Hall–Kier alpha value is -2.48. The monoisotopic (exact) mass is 464 g/mol. The molecule has 2 aromatic carbocycles. The van der Waals surface area contributed by atoms with Crippen molar-refractivity contribution in [2.75, 3.05) is 23.8 Å². The van der Waals surface area contributed by atoms with Crippen LogP contribution >= 0.6 is 35.4 Å². The van der Waals surface area contributed by atoms with Crippen molar-refractivity contribution in [3.05, 3.63) is 64.4 Å². The summed E-state index contributed by atoms with van der Waals surface area (Å²) in [6.45, 7) is 5.62. The molecule has 0 saturated heterocycles. The summed E-state index contributed by atoms with van der Waals surface area (Å²) in [5.74, 6) is 1.47. The molecule has 1 aromatic heterocycles. The maximum absolute atomic E-state index is 6.16. The molecule has 0 fully saturated rings. The quantitative estimate of drug-likeness (QED) is 0.408. The number of ether oxygens (including phenoxy) is 2. The van der Waals surface area contributed by atoms with Gasteiger partial charge in [-0.3, -0.25) is 4.68 Å². The van der Waals surface area contributed by atoms with Gasteiger partial charge in [-0.1, -0.05) is 29.3 Å². The predicted octanol–water partition coefficient (Wildman–Crippen LogP) is 5.84. The lowest BCUT2D eigenvalue weighted by Gasteiger charge is -2.12. The third-order valence-corrected chi connectivity index (χ3v) is 4.79. The van der Waals surface area contributed by atoms with Gasteiger partial charge in [0.05, 0.1) is 42.4 Å². The van der Waals surface area contributed by atoms with Crippen LogP contribution in [-0.2, 0) is 6.54 Å². The van der Waals surface area contributed by atoms with Gasteiger partial charge in [0.1, 0.15) is 0 Å². The Morgan fingerprint density at radius 3 is 2.57 bits per heavy atom. The second kappa shape index (κ2) is 10.5. The topological polar surface area (TPSA) is 60.3 Å². The fraction of sp³-hybridized carbons (Fsp3) is 0.238. The molecule has 0 spiro atoms. The third-order valence-electron chi connectivity index (χ3n) is 4.02. The minimum Gasteiger partial charge on any atom is -0.490 e. The van der Waals surface area contributed by atoms with Crippen LogP contribution < -0.4 is 20.1 Å². The first-order chi connectivity index (χ1) is 14.5. The van der Waals surface area contributed by atoms with Crippen LogP contribution in [0.1, 0.15) is 19.4 Å². The van der Waals surface area contributed by atoms with Gasteiger partial charge in [-0.05, 0) is 62.0 Å². The van der Waals surface area contributed by atoms with Crippen LogP contribution in [0, 0.1) is 0 Å². The van der Waals surface area contributed by atoms with E-state index in [1.807, 2.05) is 42.9 Å². The molecule has 0 atom stereocenters.